The van der Waals surface area contributed by atoms with Gasteiger partial charge in [0.05, 0.1) is 0 Å². The molecule has 6 aromatic rings. The molecule has 0 nitrogen and oxygen atoms in total. The molecule has 0 fully saturated rings. The lowest BCUT2D eigenvalue weighted by atomic mass is 9.96. The summed E-state index contributed by atoms with van der Waals surface area (Å²) in [5.74, 6) is 0. The second kappa shape index (κ2) is 6.04. The summed E-state index contributed by atoms with van der Waals surface area (Å²) in [6.45, 7) is 4.47. The summed E-state index contributed by atoms with van der Waals surface area (Å²) in [5.41, 5.74) is 0. The van der Waals surface area contributed by atoms with E-state index < -0.39 is 0 Å². The first-order valence-corrected chi connectivity index (χ1v) is 11.6. The predicted molar refractivity (Wildman–Crippen MR) is 128 cm³/mol. The predicted octanol–water partition coefficient (Wildman–Crippen LogP) is 8.70. The van der Waals surface area contributed by atoms with Crippen molar-refractivity contribution in [3.63, 3.8) is 0 Å². The first-order chi connectivity index (χ1) is 13.7. The fourth-order valence-electron chi connectivity index (χ4n) is 4.41. The quantitative estimate of drug-likeness (QED) is 0.257. The molecule has 28 heavy (non-hydrogen) atoms. The second-order valence-corrected chi connectivity index (χ2v) is 9.92. The SMILES string of the molecule is CCc1cc2cc3ccc4c5cc6sc(CC)cc6cc5ccc4c3cc2s1. The number of rotatable bonds is 2. The van der Waals surface area contributed by atoms with Gasteiger partial charge in [-0.25, -0.2) is 0 Å². The van der Waals surface area contributed by atoms with Crippen molar-refractivity contribution in [1.29, 1.82) is 0 Å². The van der Waals surface area contributed by atoms with Gasteiger partial charge in [-0.15, -0.1) is 22.7 Å². The molecule has 2 heteroatoms. The van der Waals surface area contributed by atoms with Gasteiger partial charge in [-0.2, -0.15) is 0 Å². The summed E-state index contributed by atoms with van der Waals surface area (Å²) in [5, 5.41) is 10.9. The summed E-state index contributed by atoms with van der Waals surface area (Å²) >= 11 is 3.87. The molecule has 0 radical (unpaired) electrons. The maximum absolute atomic E-state index is 2.40. The summed E-state index contributed by atoms with van der Waals surface area (Å²) < 4.78 is 2.80. The van der Waals surface area contributed by atoms with E-state index in [1.165, 1.54) is 62.2 Å². The van der Waals surface area contributed by atoms with E-state index >= 15 is 0 Å². The number of hydrogen-bond donors (Lipinski definition) is 0. The number of fused-ring (bicyclic) bond motifs is 7. The molecule has 0 amide bonds. The third-order valence-corrected chi connectivity index (χ3v) is 8.39. The van der Waals surface area contributed by atoms with Gasteiger partial charge in [0.25, 0.3) is 0 Å². The minimum Gasteiger partial charge on any atom is -0.140 e. The fourth-order valence-corrected chi connectivity index (χ4v) is 6.46. The molecular weight excluding hydrogens is 376 g/mol. The molecule has 0 atom stereocenters. The summed E-state index contributed by atoms with van der Waals surface area (Å²) in [6.07, 6.45) is 2.22. The molecule has 4 aromatic carbocycles. The van der Waals surface area contributed by atoms with E-state index in [-0.39, 0.29) is 0 Å². The third-order valence-electron chi connectivity index (χ3n) is 5.91. The van der Waals surface area contributed by atoms with E-state index in [1.807, 2.05) is 22.7 Å². The summed E-state index contributed by atoms with van der Waals surface area (Å²) in [6, 6.07) is 23.5. The molecule has 0 bridgehead atoms. The molecule has 2 heterocycles. The Balaban J connectivity index is 1.71. The smallest absolute Gasteiger partial charge is 0.0352 e. The molecule has 2 aromatic heterocycles. The zero-order valence-electron chi connectivity index (χ0n) is 16.0. The minimum absolute atomic E-state index is 1.11. The van der Waals surface area contributed by atoms with E-state index in [2.05, 4.69) is 74.5 Å². The molecule has 6 rings (SSSR count). The van der Waals surface area contributed by atoms with Crippen LogP contribution < -0.4 is 0 Å². The molecule has 0 N–H and O–H groups in total. The van der Waals surface area contributed by atoms with Crippen molar-refractivity contribution in [1.82, 2.24) is 0 Å². The summed E-state index contributed by atoms with van der Waals surface area (Å²) in [4.78, 5) is 2.93. The van der Waals surface area contributed by atoms with Crippen LogP contribution in [0.4, 0.5) is 0 Å². The van der Waals surface area contributed by atoms with Gasteiger partial charge in [0.2, 0.25) is 0 Å². The van der Waals surface area contributed by atoms with E-state index in [0.717, 1.165) is 12.8 Å². The average molecular weight is 397 g/mol. The van der Waals surface area contributed by atoms with E-state index in [1.54, 1.807) is 0 Å². The topological polar surface area (TPSA) is 0 Å². The van der Waals surface area contributed by atoms with Gasteiger partial charge in [0.15, 0.2) is 0 Å². The van der Waals surface area contributed by atoms with Gasteiger partial charge in [-0.05, 0) is 92.3 Å². The average Bonchev–Trinajstić information content (AvgIpc) is 3.32. The van der Waals surface area contributed by atoms with Crippen LogP contribution in [-0.2, 0) is 12.8 Å². The number of thiophene rings is 2. The van der Waals surface area contributed by atoms with Gasteiger partial charge < -0.3 is 0 Å². The van der Waals surface area contributed by atoms with Crippen molar-refractivity contribution in [2.45, 2.75) is 26.7 Å². The van der Waals surface area contributed by atoms with E-state index in [4.69, 9.17) is 0 Å². The molecule has 0 aliphatic carbocycles. The molecule has 0 aliphatic heterocycles. The zero-order chi connectivity index (χ0) is 18.8. The lowest BCUT2D eigenvalue weighted by molar-refractivity contribution is 1.19. The fraction of sp³-hybridized carbons (Fsp3) is 0.154. The van der Waals surface area contributed by atoms with E-state index in [9.17, 15) is 0 Å². The molecule has 0 aliphatic rings. The van der Waals surface area contributed by atoms with Gasteiger partial charge in [0, 0.05) is 19.2 Å². The molecule has 0 saturated carbocycles. The number of aryl methyl sites for hydroxylation is 2. The first kappa shape index (κ1) is 16.5. The highest BCUT2D eigenvalue weighted by atomic mass is 32.1. The lowest BCUT2D eigenvalue weighted by Crippen LogP contribution is -1.81. The Hall–Kier alpha value is -2.42. The molecule has 136 valence electrons. The Morgan fingerprint density at radius 3 is 1.39 bits per heavy atom. The standard InChI is InChI=1S/C26H20S2/c1-3-19-11-17-9-15-5-7-22-21(23(15)13-25(17)27-19)8-6-16-10-18-12-20(4-2)28-26(18)14-24(16)22/h5-14H,3-4H2,1-2H3. The van der Waals surface area contributed by atoms with Crippen LogP contribution in [0.3, 0.4) is 0 Å². The van der Waals surface area contributed by atoms with Crippen LogP contribution >= 0.6 is 22.7 Å². The maximum atomic E-state index is 2.40. The van der Waals surface area contributed by atoms with Crippen molar-refractivity contribution >= 4 is 75.2 Å². The third kappa shape index (κ3) is 2.35. The monoisotopic (exact) mass is 396 g/mol. The molecule has 0 unspecified atom stereocenters. The minimum atomic E-state index is 1.11. The Morgan fingerprint density at radius 1 is 0.500 bits per heavy atom. The van der Waals surface area contributed by atoms with Gasteiger partial charge in [-0.1, -0.05) is 38.1 Å². The van der Waals surface area contributed by atoms with Crippen LogP contribution in [0.1, 0.15) is 23.6 Å². The van der Waals surface area contributed by atoms with Crippen molar-refractivity contribution in [3.05, 3.63) is 70.4 Å². The Labute approximate surface area is 172 Å². The van der Waals surface area contributed by atoms with Crippen LogP contribution in [0.15, 0.2) is 60.7 Å². The highest BCUT2D eigenvalue weighted by Gasteiger charge is 2.10. The zero-order valence-corrected chi connectivity index (χ0v) is 17.6. The summed E-state index contributed by atoms with van der Waals surface area (Å²) in [7, 11) is 0. The van der Waals surface area contributed by atoms with Crippen molar-refractivity contribution in [2.75, 3.05) is 0 Å². The second-order valence-electron chi connectivity index (χ2n) is 7.58. The van der Waals surface area contributed by atoms with Crippen LogP contribution in [-0.4, -0.2) is 0 Å². The highest BCUT2D eigenvalue weighted by Crippen LogP contribution is 2.38. The van der Waals surface area contributed by atoms with Gasteiger partial charge in [-0.3, -0.25) is 0 Å². The molecule has 0 saturated heterocycles. The first-order valence-electron chi connectivity index (χ1n) is 9.97. The normalized spacial score (nSPS) is 12.2. The van der Waals surface area contributed by atoms with Crippen molar-refractivity contribution < 1.29 is 0 Å². The lowest BCUT2D eigenvalue weighted by Gasteiger charge is -2.08. The highest BCUT2D eigenvalue weighted by molar-refractivity contribution is 7.19. The van der Waals surface area contributed by atoms with E-state index in [0.29, 0.717) is 0 Å². The van der Waals surface area contributed by atoms with Crippen LogP contribution in [0, 0.1) is 0 Å². The molecular formula is C26H20S2. The maximum Gasteiger partial charge on any atom is 0.0352 e. The number of benzene rings is 4. The van der Waals surface area contributed by atoms with Gasteiger partial charge >= 0.3 is 0 Å². The Morgan fingerprint density at radius 2 is 0.964 bits per heavy atom. The number of hydrogen-bond acceptors (Lipinski definition) is 2. The van der Waals surface area contributed by atoms with Gasteiger partial charge in [0.1, 0.15) is 0 Å². The van der Waals surface area contributed by atoms with Crippen LogP contribution in [0.25, 0.3) is 52.5 Å². The van der Waals surface area contributed by atoms with Crippen molar-refractivity contribution in [3.8, 4) is 0 Å². The van der Waals surface area contributed by atoms with Crippen LogP contribution in [0.5, 0.6) is 0 Å². The Kier molecular flexibility index (Phi) is 3.56. The van der Waals surface area contributed by atoms with Crippen molar-refractivity contribution in [2.24, 2.45) is 0 Å². The molecule has 0 spiro atoms. The van der Waals surface area contributed by atoms with Crippen LogP contribution in [0.2, 0.25) is 0 Å². The Bertz CT molecular complexity index is 1410. The largest absolute Gasteiger partial charge is 0.140 e.